The van der Waals surface area contributed by atoms with Gasteiger partial charge >= 0.3 is 0 Å². The van der Waals surface area contributed by atoms with Gasteiger partial charge in [-0.1, -0.05) is 6.92 Å². The fraction of sp³-hybridized carbons (Fsp3) is 0.917. The van der Waals surface area contributed by atoms with Crippen molar-refractivity contribution in [2.45, 2.75) is 32.7 Å². The summed E-state index contributed by atoms with van der Waals surface area (Å²) in [4.78, 5) is 11.6. The lowest BCUT2D eigenvalue weighted by molar-refractivity contribution is -0.123. The van der Waals surface area contributed by atoms with Crippen LogP contribution >= 0.6 is 0 Å². The van der Waals surface area contributed by atoms with E-state index in [0.29, 0.717) is 19.1 Å². The van der Waals surface area contributed by atoms with E-state index in [-0.39, 0.29) is 11.9 Å². The van der Waals surface area contributed by atoms with Crippen molar-refractivity contribution in [3.05, 3.63) is 0 Å². The summed E-state index contributed by atoms with van der Waals surface area (Å²) in [5.41, 5.74) is 0. The van der Waals surface area contributed by atoms with E-state index in [1.807, 2.05) is 6.92 Å². The molecule has 1 rings (SSSR count). The van der Waals surface area contributed by atoms with Crippen molar-refractivity contribution < 1.29 is 9.53 Å². The van der Waals surface area contributed by atoms with Crippen LogP contribution in [0, 0.1) is 11.8 Å². The first-order valence-electron chi connectivity index (χ1n) is 6.15. The molecule has 2 atom stereocenters. The Morgan fingerprint density at radius 2 is 2.12 bits per heavy atom. The van der Waals surface area contributed by atoms with Crippen LogP contribution in [0.25, 0.3) is 0 Å². The number of nitrogens with one attached hydrogen (secondary N) is 2. The molecule has 0 aromatic carbocycles. The fourth-order valence-electron chi connectivity index (χ4n) is 1.72. The second-order valence-electron chi connectivity index (χ2n) is 4.73. The number of methoxy groups -OCH3 is 1. The lowest BCUT2D eigenvalue weighted by atomic mass is 10.1. The summed E-state index contributed by atoms with van der Waals surface area (Å²) >= 11 is 0. The van der Waals surface area contributed by atoms with Gasteiger partial charge in [-0.25, -0.2) is 0 Å². The smallest absolute Gasteiger partial charge is 0.236 e. The Kier molecular flexibility index (Phi) is 5.77. The third kappa shape index (κ3) is 4.94. The molecule has 0 aromatic rings. The summed E-state index contributed by atoms with van der Waals surface area (Å²) in [6, 6.07) is -0.113. The number of rotatable bonds is 8. The molecule has 0 spiro atoms. The maximum Gasteiger partial charge on any atom is 0.236 e. The van der Waals surface area contributed by atoms with Gasteiger partial charge in [-0.3, -0.25) is 4.79 Å². The number of hydrogen-bond donors (Lipinski definition) is 2. The molecule has 2 N–H and O–H groups in total. The second kappa shape index (κ2) is 6.86. The first-order chi connectivity index (χ1) is 7.65. The number of ether oxygens (including phenoxy) is 1. The van der Waals surface area contributed by atoms with Crippen LogP contribution in [-0.4, -0.2) is 38.8 Å². The molecule has 0 radical (unpaired) electrons. The van der Waals surface area contributed by atoms with Gasteiger partial charge in [-0.05, 0) is 38.1 Å². The first-order valence-corrected chi connectivity index (χ1v) is 6.15. The fourth-order valence-corrected chi connectivity index (χ4v) is 1.72. The van der Waals surface area contributed by atoms with E-state index in [9.17, 15) is 4.79 Å². The summed E-state index contributed by atoms with van der Waals surface area (Å²) in [6.45, 7) is 6.24. The molecular weight excluding hydrogens is 204 g/mol. The number of amides is 1. The topological polar surface area (TPSA) is 50.4 Å². The van der Waals surface area contributed by atoms with Crippen LogP contribution in [0.15, 0.2) is 0 Å². The minimum Gasteiger partial charge on any atom is -0.383 e. The monoisotopic (exact) mass is 228 g/mol. The van der Waals surface area contributed by atoms with Gasteiger partial charge in [-0.2, -0.15) is 0 Å². The molecule has 0 aromatic heterocycles. The quantitative estimate of drug-likeness (QED) is 0.603. The van der Waals surface area contributed by atoms with E-state index in [1.165, 1.54) is 12.8 Å². The molecule has 1 aliphatic carbocycles. The standard InChI is InChI=1S/C12H24N2O2/c1-9(11-4-5-11)8-14-10(2)12(15)13-6-7-16-3/h9-11,14H,4-8H2,1-3H3,(H,13,15). The van der Waals surface area contributed by atoms with Gasteiger partial charge in [0.15, 0.2) is 0 Å². The highest BCUT2D eigenvalue weighted by molar-refractivity contribution is 5.81. The normalized spacial score (nSPS) is 19.2. The predicted octanol–water partition coefficient (Wildman–Crippen LogP) is 0.773. The zero-order chi connectivity index (χ0) is 12.0. The van der Waals surface area contributed by atoms with Gasteiger partial charge in [0, 0.05) is 13.7 Å². The van der Waals surface area contributed by atoms with Crippen molar-refractivity contribution >= 4 is 5.91 Å². The second-order valence-corrected chi connectivity index (χ2v) is 4.73. The Morgan fingerprint density at radius 1 is 1.44 bits per heavy atom. The summed E-state index contributed by atoms with van der Waals surface area (Å²) < 4.78 is 4.87. The largest absolute Gasteiger partial charge is 0.383 e. The first kappa shape index (κ1) is 13.5. The third-order valence-electron chi connectivity index (χ3n) is 3.17. The zero-order valence-corrected chi connectivity index (χ0v) is 10.6. The molecule has 1 saturated carbocycles. The molecule has 1 amide bonds. The minimum absolute atomic E-state index is 0.0556. The number of carbonyl (C=O) groups excluding carboxylic acids is 1. The third-order valence-corrected chi connectivity index (χ3v) is 3.17. The van der Waals surface area contributed by atoms with Gasteiger partial charge in [0.05, 0.1) is 12.6 Å². The molecule has 1 aliphatic rings. The van der Waals surface area contributed by atoms with Crippen LogP contribution in [0.2, 0.25) is 0 Å². The summed E-state index contributed by atoms with van der Waals surface area (Å²) in [5, 5.41) is 6.10. The van der Waals surface area contributed by atoms with Gasteiger partial charge in [0.2, 0.25) is 5.91 Å². The molecule has 94 valence electrons. The Morgan fingerprint density at radius 3 is 2.69 bits per heavy atom. The van der Waals surface area contributed by atoms with Crippen LogP contribution in [-0.2, 0) is 9.53 Å². The van der Waals surface area contributed by atoms with Crippen molar-refractivity contribution in [3.63, 3.8) is 0 Å². The van der Waals surface area contributed by atoms with Gasteiger partial charge < -0.3 is 15.4 Å². The van der Waals surface area contributed by atoms with Crippen molar-refractivity contribution in [1.82, 2.24) is 10.6 Å². The van der Waals surface area contributed by atoms with Gasteiger partial charge in [-0.15, -0.1) is 0 Å². The van der Waals surface area contributed by atoms with E-state index in [1.54, 1.807) is 7.11 Å². The Hall–Kier alpha value is -0.610. The minimum atomic E-state index is -0.113. The number of carbonyl (C=O) groups is 1. The average Bonchev–Trinajstić information content (AvgIpc) is 3.09. The summed E-state index contributed by atoms with van der Waals surface area (Å²) in [5.74, 6) is 1.63. The lowest BCUT2D eigenvalue weighted by Crippen LogP contribution is -2.44. The lowest BCUT2D eigenvalue weighted by Gasteiger charge is -2.17. The Bertz CT molecular complexity index is 217. The predicted molar refractivity (Wildman–Crippen MR) is 64.2 cm³/mol. The van der Waals surface area contributed by atoms with E-state index in [0.717, 1.165) is 12.5 Å². The SMILES string of the molecule is COCCNC(=O)C(C)NCC(C)C1CC1. The maximum absolute atomic E-state index is 11.6. The number of hydrogen-bond acceptors (Lipinski definition) is 3. The summed E-state index contributed by atoms with van der Waals surface area (Å²) in [7, 11) is 1.63. The Labute approximate surface area is 98.1 Å². The highest BCUT2D eigenvalue weighted by Gasteiger charge is 2.28. The zero-order valence-electron chi connectivity index (χ0n) is 10.6. The highest BCUT2D eigenvalue weighted by atomic mass is 16.5. The van der Waals surface area contributed by atoms with Crippen LogP contribution in [0.1, 0.15) is 26.7 Å². The molecule has 16 heavy (non-hydrogen) atoms. The van der Waals surface area contributed by atoms with Crippen molar-refractivity contribution in [1.29, 1.82) is 0 Å². The van der Waals surface area contributed by atoms with E-state index in [2.05, 4.69) is 17.6 Å². The molecule has 0 heterocycles. The van der Waals surface area contributed by atoms with Gasteiger partial charge in [0.1, 0.15) is 0 Å². The average molecular weight is 228 g/mol. The van der Waals surface area contributed by atoms with Gasteiger partial charge in [0.25, 0.3) is 0 Å². The van der Waals surface area contributed by atoms with Crippen molar-refractivity contribution in [3.8, 4) is 0 Å². The van der Waals surface area contributed by atoms with E-state index < -0.39 is 0 Å². The molecule has 4 nitrogen and oxygen atoms in total. The Balaban J connectivity index is 2.07. The van der Waals surface area contributed by atoms with Crippen LogP contribution < -0.4 is 10.6 Å². The van der Waals surface area contributed by atoms with E-state index in [4.69, 9.17) is 4.74 Å². The van der Waals surface area contributed by atoms with Crippen LogP contribution in [0.5, 0.6) is 0 Å². The van der Waals surface area contributed by atoms with E-state index >= 15 is 0 Å². The molecule has 0 saturated heterocycles. The van der Waals surface area contributed by atoms with Crippen molar-refractivity contribution in [2.75, 3.05) is 26.8 Å². The van der Waals surface area contributed by atoms with Crippen LogP contribution in [0.3, 0.4) is 0 Å². The molecule has 4 heteroatoms. The molecular formula is C12H24N2O2. The van der Waals surface area contributed by atoms with Crippen molar-refractivity contribution in [2.24, 2.45) is 11.8 Å². The van der Waals surface area contributed by atoms with Crippen LogP contribution in [0.4, 0.5) is 0 Å². The summed E-state index contributed by atoms with van der Waals surface area (Å²) in [6.07, 6.45) is 2.72. The maximum atomic E-state index is 11.6. The molecule has 0 bridgehead atoms. The highest BCUT2D eigenvalue weighted by Crippen LogP contribution is 2.36. The molecule has 1 fully saturated rings. The molecule has 0 aliphatic heterocycles. The molecule has 2 unspecified atom stereocenters.